The standard InChI is InChI=1S/C18H22F19N2O5S/c1-39(2,5-9(42)7-41)4-3-8(6-40)38-45(43,44)18(36,37)16(31,32)14(27,28)12(23,24)10(19,20)11(21,22)13(25,26)15(29,30)17(33,34)35/h8-9,38,40-42H,3-7H2,1-2H3/q+1. The fourth-order valence-electron chi connectivity index (χ4n) is 3.22. The summed E-state index contributed by atoms with van der Waals surface area (Å²) >= 11 is 0. The lowest BCUT2D eigenvalue weighted by Crippen LogP contribution is -2.76. The lowest BCUT2D eigenvalue weighted by atomic mass is 9.89. The molecule has 0 aliphatic carbocycles. The Morgan fingerprint density at radius 1 is 0.600 bits per heavy atom. The number of hydrogen-bond acceptors (Lipinski definition) is 5. The van der Waals surface area contributed by atoms with Gasteiger partial charge in [-0.1, -0.05) is 0 Å². The van der Waals surface area contributed by atoms with Crippen molar-refractivity contribution in [1.82, 2.24) is 4.72 Å². The topological polar surface area (TPSA) is 107 Å². The number of nitrogens with zero attached hydrogens (tertiary/aromatic N) is 1. The molecule has 7 nitrogen and oxygen atoms in total. The van der Waals surface area contributed by atoms with Crippen LogP contribution in [0.3, 0.4) is 0 Å². The van der Waals surface area contributed by atoms with Crippen LogP contribution in [0, 0.1) is 0 Å². The monoisotopic (exact) mass is 739 g/mol. The highest BCUT2D eigenvalue weighted by Gasteiger charge is 2.97. The van der Waals surface area contributed by atoms with E-state index in [2.05, 4.69) is 0 Å². The molecular weight excluding hydrogens is 717 g/mol. The third-order valence-corrected chi connectivity index (χ3v) is 7.54. The molecule has 0 fully saturated rings. The van der Waals surface area contributed by atoms with Crippen LogP contribution < -0.4 is 4.72 Å². The normalized spacial score (nSPS) is 17.4. The predicted octanol–water partition coefficient (Wildman–Crippen LogP) is 3.69. The van der Waals surface area contributed by atoms with Gasteiger partial charge in [0.15, 0.2) is 0 Å². The quantitative estimate of drug-likeness (QED) is 0.135. The molecule has 0 spiro atoms. The number of likely N-dealkylation sites (N-methyl/N-ethyl adjacent to an activating group) is 1. The van der Waals surface area contributed by atoms with E-state index in [0.29, 0.717) is 4.72 Å². The summed E-state index contributed by atoms with van der Waals surface area (Å²) in [5, 5.41) is 19.5. The second kappa shape index (κ2) is 12.5. The zero-order valence-electron chi connectivity index (χ0n) is 21.9. The minimum absolute atomic E-state index is 0.395. The van der Waals surface area contributed by atoms with Crippen LogP contribution in [0.2, 0.25) is 0 Å². The highest BCUT2D eigenvalue weighted by Crippen LogP contribution is 2.65. The number of hydrogen-bond donors (Lipinski definition) is 4. The van der Waals surface area contributed by atoms with Gasteiger partial charge in [0, 0.05) is 6.42 Å². The van der Waals surface area contributed by atoms with E-state index in [4.69, 9.17) is 10.2 Å². The van der Waals surface area contributed by atoms with Gasteiger partial charge in [0.25, 0.3) is 10.0 Å². The number of aliphatic hydroxyl groups excluding tert-OH is 3. The SMILES string of the molecule is C[N+](C)(CCC(CO)NS(=O)(=O)C(F)(F)C(F)(F)C(F)(F)C(F)(F)C(F)(F)C(F)(F)C(F)(F)C(F)(F)C(F)(F)F)CC(O)CO. The van der Waals surface area contributed by atoms with Gasteiger partial charge in [-0.15, -0.1) is 0 Å². The van der Waals surface area contributed by atoms with Crippen LogP contribution in [-0.2, 0) is 10.0 Å². The first-order chi connectivity index (χ1) is 19.3. The zero-order chi connectivity index (χ0) is 36.9. The first kappa shape index (κ1) is 43.4. The molecule has 2 unspecified atom stereocenters. The summed E-state index contributed by atoms with van der Waals surface area (Å²) in [7, 11) is -5.32. The molecule has 4 N–H and O–H groups in total. The molecule has 2 atom stereocenters. The Balaban J connectivity index is 6.75. The summed E-state index contributed by atoms with van der Waals surface area (Å²) in [5.41, 5.74) is 0. The molecule has 0 aromatic carbocycles. The number of rotatable bonds is 17. The Morgan fingerprint density at radius 3 is 1.24 bits per heavy atom. The lowest BCUT2D eigenvalue weighted by Gasteiger charge is -2.43. The number of nitrogens with one attached hydrogen (secondary N) is 1. The van der Waals surface area contributed by atoms with Gasteiger partial charge in [-0.3, -0.25) is 0 Å². The highest BCUT2D eigenvalue weighted by molar-refractivity contribution is 7.90. The maximum Gasteiger partial charge on any atom is 0.460 e. The summed E-state index contributed by atoms with van der Waals surface area (Å²) in [5.74, 6) is -62.4. The Labute approximate surface area is 239 Å². The van der Waals surface area contributed by atoms with Crippen LogP contribution >= 0.6 is 0 Å². The summed E-state index contributed by atoms with van der Waals surface area (Å²) < 4.78 is 279. The Kier molecular flexibility index (Phi) is 12.0. The molecule has 0 amide bonds. The molecule has 45 heavy (non-hydrogen) atoms. The van der Waals surface area contributed by atoms with Gasteiger partial charge in [0.1, 0.15) is 12.6 Å². The van der Waals surface area contributed by atoms with Crippen molar-refractivity contribution in [3.8, 4) is 0 Å². The van der Waals surface area contributed by atoms with E-state index < -0.39 is 112 Å². The van der Waals surface area contributed by atoms with Gasteiger partial charge in [-0.05, 0) is 0 Å². The van der Waals surface area contributed by atoms with Crippen LogP contribution in [0.5, 0.6) is 0 Å². The molecule has 0 aromatic rings. The molecule has 0 heterocycles. The van der Waals surface area contributed by atoms with Crippen molar-refractivity contribution < 1.29 is 112 Å². The van der Waals surface area contributed by atoms with Gasteiger partial charge >= 0.3 is 52.9 Å². The Morgan fingerprint density at radius 2 is 0.933 bits per heavy atom. The second-order valence-corrected chi connectivity index (χ2v) is 11.8. The van der Waals surface area contributed by atoms with E-state index in [1.54, 1.807) is 0 Å². The smallest absolute Gasteiger partial charge is 0.395 e. The van der Waals surface area contributed by atoms with E-state index in [-0.39, 0.29) is 0 Å². The Hall–Kier alpha value is -1.58. The summed E-state index contributed by atoms with van der Waals surface area (Å²) in [6, 6.07) is -2.47. The van der Waals surface area contributed by atoms with Crippen molar-refractivity contribution in [2.75, 3.05) is 40.4 Å². The van der Waals surface area contributed by atoms with Crippen molar-refractivity contribution in [2.24, 2.45) is 0 Å². The minimum Gasteiger partial charge on any atom is -0.395 e. The fourth-order valence-corrected chi connectivity index (χ4v) is 4.47. The molecule has 0 saturated heterocycles. The number of alkyl halides is 19. The van der Waals surface area contributed by atoms with Crippen LogP contribution in [0.25, 0.3) is 0 Å². The molecule has 27 heteroatoms. The van der Waals surface area contributed by atoms with Gasteiger partial charge < -0.3 is 19.8 Å². The minimum atomic E-state index is -9.20. The number of quaternary nitrogens is 1. The highest BCUT2D eigenvalue weighted by atomic mass is 32.2. The average Bonchev–Trinajstić information content (AvgIpc) is 2.84. The average molecular weight is 739 g/mol. The van der Waals surface area contributed by atoms with E-state index in [1.807, 2.05) is 0 Å². The van der Waals surface area contributed by atoms with Gasteiger partial charge in [0.2, 0.25) is 0 Å². The number of halogens is 19. The lowest BCUT2D eigenvalue weighted by molar-refractivity contribution is -0.893. The maximum absolute atomic E-state index is 14.2. The third kappa shape index (κ3) is 7.01. The van der Waals surface area contributed by atoms with Crippen molar-refractivity contribution >= 4 is 10.0 Å². The van der Waals surface area contributed by atoms with Crippen molar-refractivity contribution in [1.29, 1.82) is 0 Å². The van der Waals surface area contributed by atoms with E-state index >= 15 is 0 Å². The van der Waals surface area contributed by atoms with E-state index in [1.165, 1.54) is 14.1 Å². The van der Waals surface area contributed by atoms with Crippen molar-refractivity contribution in [3.05, 3.63) is 0 Å². The van der Waals surface area contributed by atoms with Crippen LogP contribution in [-0.4, -0.2) is 134 Å². The number of aliphatic hydroxyl groups is 3. The van der Waals surface area contributed by atoms with E-state index in [0.717, 1.165) is 0 Å². The first-order valence-electron chi connectivity index (χ1n) is 11.2. The molecule has 0 aliphatic heterocycles. The fraction of sp³-hybridized carbons (Fsp3) is 1.00. The molecular formula is C18H22F19N2O5S+. The Bertz CT molecular complexity index is 1130. The first-order valence-corrected chi connectivity index (χ1v) is 12.7. The molecule has 0 aromatic heterocycles. The van der Waals surface area contributed by atoms with Gasteiger partial charge in [0.05, 0.1) is 39.9 Å². The predicted molar refractivity (Wildman–Crippen MR) is 108 cm³/mol. The zero-order valence-corrected chi connectivity index (χ0v) is 22.7. The van der Waals surface area contributed by atoms with Crippen molar-refractivity contribution in [3.63, 3.8) is 0 Å². The van der Waals surface area contributed by atoms with Gasteiger partial charge in [-0.2, -0.15) is 83.4 Å². The summed E-state index contributed by atoms with van der Waals surface area (Å²) in [6.45, 7) is -3.56. The molecule has 0 saturated carbocycles. The van der Waals surface area contributed by atoms with Crippen LogP contribution in [0.1, 0.15) is 6.42 Å². The van der Waals surface area contributed by atoms with Crippen LogP contribution in [0.15, 0.2) is 0 Å². The van der Waals surface area contributed by atoms with Crippen LogP contribution in [0.4, 0.5) is 83.4 Å². The largest absolute Gasteiger partial charge is 0.460 e. The maximum atomic E-state index is 14.2. The molecule has 0 aliphatic rings. The summed E-state index contributed by atoms with van der Waals surface area (Å²) in [4.78, 5) is 0. The van der Waals surface area contributed by atoms with Crippen molar-refractivity contribution in [2.45, 2.75) is 71.5 Å². The second-order valence-electron chi connectivity index (χ2n) is 10.0. The molecule has 0 rings (SSSR count). The van der Waals surface area contributed by atoms with E-state index in [9.17, 15) is 96.9 Å². The molecule has 272 valence electrons. The summed E-state index contributed by atoms with van der Waals surface area (Å²) in [6.07, 6.45) is -10.5. The molecule has 0 radical (unpaired) electrons. The third-order valence-electron chi connectivity index (χ3n) is 5.97. The molecule has 0 bridgehead atoms. The van der Waals surface area contributed by atoms with Gasteiger partial charge in [-0.25, -0.2) is 13.1 Å². The number of sulfonamides is 1.